The molecule has 0 spiro atoms. The van der Waals surface area contributed by atoms with Crippen LogP contribution < -0.4 is 9.47 Å². The predicted octanol–water partition coefficient (Wildman–Crippen LogP) is 4.91. The van der Waals surface area contributed by atoms with Gasteiger partial charge in [-0.15, -0.1) is 0 Å². The second-order valence-electron chi connectivity index (χ2n) is 8.41. The molecule has 7 heteroatoms. The molecule has 0 bridgehead atoms. The van der Waals surface area contributed by atoms with Gasteiger partial charge >= 0.3 is 0 Å². The third kappa shape index (κ3) is 4.62. The summed E-state index contributed by atoms with van der Waals surface area (Å²) >= 11 is 6.46. The molecule has 2 aliphatic heterocycles. The van der Waals surface area contributed by atoms with Gasteiger partial charge in [-0.3, -0.25) is 9.69 Å². The van der Waals surface area contributed by atoms with Crippen LogP contribution in [0.2, 0.25) is 5.02 Å². The minimum absolute atomic E-state index is 0.0105. The zero-order chi connectivity index (χ0) is 22.7. The van der Waals surface area contributed by atoms with Crippen molar-refractivity contribution >= 4 is 23.2 Å². The summed E-state index contributed by atoms with van der Waals surface area (Å²) in [7, 11) is 3.25. The minimum atomic E-state index is -0.269. The maximum Gasteiger partial charge on any atom is 0.257 e. The number of hydrogen-bond donors (Lipinski definition) is 0. The van der Waals surface area contributed by atoms with Crippen LogP contribution in [-0.2, 0) is 4.79 Å². The summed E-state index contributed by atoms with van der Waals surface area (Å²) in [4.78, 5) is 15.8. The van der Waals surface area contributed by atoms with E-state index in [-0.39, 0.29) is 11.9 Å². The highest BCUT2D eigenvalue weighted by molar-refractivity contribution is 6.34. The lowest BCUT2D eigenvalue weighted by Crippen LogP contribution is -2.44. The summed E-state index contributed by atoms with van der Waals surface area (Å²) < 4.78 is 11.0. The Labute approximate surface area is 194 Å². The van der Waals surface area contributed by atoms with E-state index >= 15 is 0 Å². The number of likely N-dealkylation sites (tertiary alicyclic amines) is 1. The summed E-state index contributed by atoms with van der Waals surface area (Å²) in [6, 6.07) is 13.5. The second kappa shape index (κ2) is 9.92. The third-order valence-corrected chi connectivity index (χ3v) is 6.76. The number of hydrazone groups is 1. The molecule has 0 saturated carbocycles. The molecule has 2 aromatic rings. The molecular weight excluding hydrogens is 426 g/mol. The van der Waals surface area contributed by atoms with Crippen molar-refractivity contribution in [2.45, 2.75) is 44.7 Å². The van der Waals surface area contributed by atoms with Gasteiger partial charge in [0, 0.05) is 34.7 Å². The first-order chi connectivity index (χ1) is 15.5. The van der Waals surface area contributed by atoms with Crippen LogP contribution in [-0.4, -0.2) is 54.9 Å². The first kappa shape index (κ1) is 22.6. The Bertz CT molecular complexity index is 1010. The molecule has 170 valence electrons. The van der Waals surface area contributed by atoms with Gasteiger partial charge in [0.25, 0.3) is 5.91 Å². The van der Waals surface area contributed by atoms with E-state index in [4.69, 9.17) is 26.2 Å². The Hall–Kier alpha value is -2.57. The first-order valence-electron chi connectivity index (χ1n) is 11.1. The Morgan fingerprint density at radius 3 is 2.69 bits per heavy atom. The Kier molecular flexibility index (Phi) is 7.01. The summed E-state index contributed by atoms with van der Waals surface area (Å²) in [5.41, 5.74) is 2.56. The van der Waals surface area contributed by atoms with Crippen LogP contribution in [0.4, 0.5) is 0 Å². The summed E-state index contributed by atoms with van der Waals surface area (Å²) in [6.45, 7) is 3.49. The van der Waals surface area contributed by atoms with Crippen molar-refractivity contribution in [2.24, 2.45) is 5.10 Å². The standard InChI is InChI=1S/C25H30ClN3O3/c1-17-8-6-7-13-28(17)16-25(30)29-23(20-12-11-18(31-2)14-24(20)32-3)15-22(27-29)19-9-4-5-10-21(19)26/h4-5,9-12,14,17,23H,6-8,13,15-16H2,1-3H3. The van der Waals surface area contributed by atoms with Gasteiger partial charge in [0.1, 0.15) is 11.5 Å². The average molecular weight is 456 g/mol. The number of methoxy groups -OCH3 is 2. The van der Waals surface area contributed by atoms with Crippen LogP contribution in [0.15, 0.2) is 47.6 Å². The fourth-order valence-electron chi connectivity index (χ4n) is 4.57. The van der Waals surface area contributed by atoms with Gasteiger partial charge in [0.05, 0.1) is 32.5 Å². The Morgan fingerprint density at radius 2 is 1.97 bits per heavy atom. The number of carbonyl (C=O) groups excluding carboxylic acids is 1. The van der Waals surface area contributed by atoms with E-state index in [9.17, 15) is 4.79 Å². The highest BCUT2D eigenvalue weighted by atomic mass is 35.5. The van der Waals surface area contributed by atoms with Crippen molar-refractivity contribution in [3.63, 3.8) is 0 Å². The van der Waals surface area contributed by atoms with Crippen LogP contribution in [0.25, 0.3) is 0 Å². The highest BCUT2D eigenvalue weighted by Gasteiger charge is 2.36. The number of hydrogen-bond acceptors (Lipinski definition) is 5. The molecule has 0 radical (unpaired) electrons. The van der Waals surface area contributed by atoms with Crippen LogP contribution in [0.3, 0.4) is 0 Å². The largest absolute Gasteiger partial charge is 0.497 e. The Morgan fingerprint density at radius 1 is 1.16 bits per heavy atom. The third-order valence-electron chi connectivity index (χ3n) is 6.43. The topological polar surface area (TPSA) is 54.4 Å². The van der Waals surface area contributed by atoms with Crippen molar-refractivity contribution in [1.29, 1.82) is 0 Å². The van der Waals surface area contributed by atoms with E-state index in [0.29, 0.717) is 35.5 Å². The quantitative estimate of drug-likeness (QED) is 0.621. The number of piperidine rings is 1. The number of carbonyl (C=O) groups is 1. The number of amides is 1. The SMILES string of the molecule is COc1ccc(C2CC(c3ccccc3Cl)=NN2C(=O)CN2CCCCC2C)c(OC)c1. The minimum Gasteiger partial charge on any atom is -0.497 e. The number of halogens is 1. The van der Waals surface area contributed by atoms with Crippen LogP contribution in [0, 0.1) is 0 Å². The van der Waals surface area contributed by atoms with E-state index in [2.05, 4.69) is 11.8 Å². The number of ether oxygens (including phenoxy) is 2. The number of benzene rings is 2. The molecule has 0 aliphatic carbocycles. The zero-order valence-electron chi connectivity index (χ0n) is 18.9. The van der Waals surface area contributed by atoms with Crippen molar-refractivity contribution < 1.29 is 14.3 Å². The fraction of sp³-hybridized carbons (Fsp3) is 0.440. The molecule has 2 aliphatic rings. The smallest absolute Gasteiger partial charge is 0.257 e. The van der Waals surface area contributed by atoms with Gasteiger partial charge in [-0.2, -0.15) is 5.10 Å². The van der Waals surface area contributed by atoms with E-state index in [1.807, 2.05) is 42.5 Å². The molecule has 1 fully saturated rings. The van der Waals surface area contributed by atoms with Crippen molar-refractivity contribution in [2.75, 3.05) is 27.3 Å². The number of nitrogens with zero attached hydrogens (tertiary/aromatic N) is 3. The zero-order valence-corrected chi connectivity index (χ0v) is 19.6. The van der Waals surface area contributed by atoms with E-state index in [1.54, 1.807) is 19.2 Å². The van der Waals surface area contributed by atoms with Crippen LogP contribution in [0.1, 0.15) is 49.8 Å². The lowest BCUT2D eigenvalue weighted by atomic mass is 9.97. The fourth-order valence-corrected chi connectivity index (χ4v) is 4.82. The molecule has 2 aromatic carbocycles. The van der Waals surface area contributed by atoms with Crippen LogP contribution in [0.5, 0.6) is 11.5 Å². The molecule has 0 aromatic heterocycles. The van der Waals surface area contributed by atoms with Crippen molar-refractivity contribution in [3.05, 3.63) is 58.6 Å². The monoisotopic (exact) mass is 455 g/mol. The lowest BCUT2D eigenvalue weighted by Gasteiger charge is -2.34. The van der Waals surface area contributed by atoms with Gasteiger partial charge in [0.15, 0.2) is 0 Å². The normalized spacial score (nSPS) is 21.4. The molecule has 1 saturated heterocycles. The van der Waals surface area contributed by atoms with Crippen LogP contribution >= 0.6 is 11.6 Å². The van der Waals surface area contributed by atoms with Gasteiger partial charge in [0.2, 0.25) is 0 Å². The first-order valence-corrected chi connectivity index (χ1v) is 11.5. The van der Waals surface area contributed by atoms with Gasteiger partial charge < -0.3 is 9.47 Å². The molecule has 0 N–H and O–H groups in total. The second-order valence-corrected chi connectivity index (χ2v) is 8.82. The predicted molar refractivity (Wildman–Crippen MR) is 127 cm³/mol. The average Bonchev–Trinajstić information content (AvgIpc) is 3.25. The van der Waals surface area contributed by atoms with Gasteiger partial charge in [-0.05, 0) is 44.5 Å². The highest BCUT2D eigenvalue weighted by Crippen LogP contribution is 2.40. The Balaban J connectivity index is 1.68. The summed E-state index contributed by atoms with van der Waals surface area (Å²) in [6.07, 6.45) is 4.03. The molecule has 4 rings (SSSR count). The van der Waals surface area contributed by atoms with Gasteiger partial charge in [-0.1, -0.05) is 36.2 Å². The number of rotatable bonds is 6. The van der Waals surface area contributed by atoms with E-state index in [0.717, 1.165) is 36.2 Å². The maximum absolute atomic E-state index is 13.5. The molecular formula is C25H30ClN3O3. The van der Waals surface area contributed by atoms with Gasteiger partial charge in [-0.25, -0.2) is 5.01 Å². The molecule has 2 unspecified atom stereocenters. The summed E-state index contributed by atoms with van der Waals surface area (Å²) in [5.74, 6) is 1.37. The lowest BCUT2D eigenvalue weighted by molar-refractivity contribution is -0.135. The van der Waals surface area contributed by atoms with Crippen molar-refractivity contribution in [1.82, 2.24) is 9.91 Å². The molecule has 1 amide bonds. The van der Waals surface area contributed by atoms with Crippen molar-refractivity contribution in [3.8, 4) is 11.5 Å². The van der Waals surface area contributed by atoms with E-state index < -0.39 is 0 Å². The molecule has 32 heavy (non-hydrogen) atoms. The molecule has 2 heterocycles. The molecule has 2 atom stereocenters. The molecule has 6 nitrogen and oxygen atoms in total. The van der Waals surface area contributed by atoms with E-state index in [1.165, 1.54) is 6.42 Å². The summed E-state index contributed by atoms with van der Waals surface area (Å²) in [5, 5.41) is 7.05. The maximum atomic E-state index is 13.5.